The number of phenolic OH excluding ortho intramolecular Hbond substituents is 2. The Bertz CT molecular complexity index is 804. The van der Waals surface area contributed by atoms with Crippen molar-refractivity contribution in [2.75, 3.05) is 7.11 Å². The molecule has 0 radical (unpaired) electrons. The summed E-state index contributed by atoms with van der Waals surface area (Å²) in [6.07, 6.45) is 1.38. The first kappa shape index (κ1) is 13.8. The zero-order chi connectivity index (χ0) is 15.5. The predicted octanol–water partition coefficient (Wildman–Crippen LogP) is 2.63. The number of phenols is 2. The van der Waals surface area contributed by atoms with E-state index in [0.717, 1.165) is 11.3 Å². The summed E-state index contributed by atoms with van der Waals surface area (Å²) in [6, 6.07) is 11.6. The molecule has 0 aliphatic rings. The van der Waals surface area contributed by atoms with Gasteiger partial charge in [-0.15, -0.1) is 0 Å². The second kappa shape index (κ2) is 5.69. The maximum atomic E-state index is 9.90. The largest absolute Gasteiger partial charge is 0.508 e. The lowest BCUT2D eigenvalue weighted by Crippen LogP contribution is -1.95. The number of aromatic hydroxyl groups is 2. The molecule has 0 amide bonds. The van der Waals surface area contributed by atoms with Gasteiger partial charge in [-0.3, -0.25) is 0 Å². The van der Waals surface area contributed by atoms with Crippen LogP contribution in [-0.2, 0) is 0 Å². The lowest BCUT2D eigenvalue weighted by atomic mass is 10.1. The molecule has 2 N–H and O–H groups in total. The van der Waals surface area contributed by atoms with Crippen LogP contribution in [0.25, 0.3) is 22.8 Å². The Morgan fingerprint density at radius 1 is 0.909 bits per heavy atom. The highest BCUT2D eigenvalue weighted by Crippen LogP contribution is 2.30. The zero-order valence-corrected chi connectivity index (χ0v) is 11.8. The molecule has 0 aliphatic heterocycles. The average Bonchev–Trinajstić information content (AvgIpc) is 2.55. The minimum atomic E-state index is -0.0909. The van der Waals surface area contributed by atoms with Crippen molar-refractivity contribution in [2.45, 2.75) is 0 Å². The molecule has 2 aromatic carbocycles. The van der Waals surface area contributed by atoms with Gasteiger partial charge in [-0.2, -0.15) is 0 Å². The molecule has 0 saturated carbocycles. The van der Waals surface area contributed by atoms with Gasteiger partial charge in [0, 0.05) is 11.6 Å². The molecular weight excluding hydrogens is 282 g/mol. The molecule has 0 spiro atoms. The van der Waals surface area contributed by atoms with E-state index in [0.29, 0.717) is 17.2 Å². The van der Waals surface area contributed by atoms with Crippen LogP contribution >= 0.6 is 0 Å². The van der Waals surface area contributed by atoms with Gasteiger partial charge >= 0.3 is 0 Å². The number of rotatable bonds is 3. The SMILES string of the molecule is COc1ccc(-c2ncnc(-c3ccc(O)cc3O)n2)cc1. The molecule has 0 atom stereocenters. The first-order valence-electron chi connectivity index (χ1n) is 6.53. The standard InChI is InChI=1S/C16H13N3O3/c1-22-12-5-2-10(3-6-12)15-17-9-18-16(19-15)13-7-4-11(20)8-14(13)21/h2-9,20-21H,1H3. The van der Waals surface area contributed by atoms with Crippen molar-refractivity contribution in [1.29, 1.82) is 0 Å². The molecule has 6 heteroatoms. The molecule has 0 aliphatic carbocycles. The number of methoxy groups -OCH3 is 1. The number of aromatic nitrogens is 3. The topological polar surface area (TPSA) is 88.4 Å². The second-order valence-electron chi connectivity index (χ2n) is 4.56. The Morgan fingerprint density at radius 3 is 2.32 bits per heavy atom. The summed E-state index contributed by atoms with van der Waals surface area (Å²) in [5.74, 6) is 1.45. The van der Waals surface area contributed by atoms with Crippen LogP contribution in [0.15, 0.2) is 48.8 Å². The molecule has 22 heavy (non-hydrogen) atoms. The van der Waals surface area contributed by atoms with Gasteiger partial charge in [0.25, 0.3) is 0 Å². The minimum absolute atomic E-state index is 0.0225. The highest BCUT2D eigenvalue weighted by molar-refractivity contribution is 5.67. The van der Waals surface area contributed by atoms with Gasteiger partial charge in [-0.05, 0) is 36.4 Å². The summed E-state index contributed by atoms with van der Waals surface area (Å²) < 4.78 is 5.12. The van der Waals surface area contributed by atoms with Crippen LogP contribution in [0.2, 0.25) is 0 Å². The molecular formula is C16H13N3O3. The van der Waals surface area contributed by atoms with Gasteiger partial charge < -0.3 is 14.9 Å². The van der Waals surface area contributed by atoms with E-state index in [1.54, 1.807) is 13.2 Å². The Balaban J connectivity index is 2.01. The normalized spacial score (nSPS) is 10.4. The fourth-order valence-electron chi connectivity index (χ4n) is 2.01. The van der Waals surface area contributed by atoms with Crippen molar-refractivity contribution in [3.05, 3.63) is 48.8 Å². The summed E-state index contributed by atoms with van der Waals surface area (Å²) in [4.78, 5) is 12.6. The van der Waals surface area contributed by atoms with Crippen LogP contribution in [0.4, 0.5) is 0 Å². The molecule has 6 nitrogen and oxygen atoms in total. The van der Waals surface area contributed by atoms with Gasteiger partial charge in [-0.1, -0.05) is 0 Å². The van der Waals surface area contributed by atoms with E-state index < -0.39 is 0 Å². The molecule has 0 unspecified atom stereocenters. The van der Waals surface area contributed by atoms with Gasteiger partial charge in [-0.25, -0.2) is 15.0 Å². The van der Waals surface area contributed by atoms with Crippen molar-refractivity contribution in [2.24, 2.45) is 0 Å². The van der Waals surface area contributed by atoms with Crippen LogP contribution < -0.4 is 4.74 Å². The highest BCUT2D eigenvalue weighted by Gasteiger charge is 2.10. The van der Waals surface area contributed by atoms with Crippen LogP contribution in [0.5, 0.6) is 17.2 Å². The monoisotopic (exact) mass is 295 g/mol. The van der Waals surface area contributed by atoms with E-state index in [9.17, 15) is 10.2 Å². The number of nitrogens with zero attached hydrogens (tertiary/aromatic N) is 3. The Hall–Kier alpha value is -3.15. The molecule has 1 aromatic heterocycles. The summed E-state index contributed by atoms with van der Waals surface area (Å²) in [6.45, 7) is 0. The third kappa shape index (κ3) is 2.67. The second-order valence-corrected chi connectivity index (χ2v) is 4.56. The maximum Gasteiger partial charge on any atom is 0.167 e. The van der Waals surface area contributed by atoms with Crippen molar-refractivity contribution >= 4 is 0 Å². The lowest BCUT2D eigenvalue weighted by molar-refractivity contribution is 0.415. The Kier molecular flexibility index (Phi) is 3.57. The first-order chi connectivity index (χ1) is 10.7. The molecule has 1 heterocycles. The van der Waals surface area contributed by atoms with Gasteiger partial charge in [0.1, 0.15) is 23.6 Å². The predicted molar refractivity (Wildman–Crippen MR) is 80.6 cm³/mol. The highest BCUT2D eigenvalue weighted by atomic mass is 16.5. The Morgan fingerprint density at radius 2 is 1.64 bits per heavy atom. The van der Waals surface area contributed by atoms with Gasteiger partial charge in [0.05, 0.1) is 12.7 Å². The van der Waals surface area contributed by atoms with E-state index in [2.05, 4.69) is 15.0 Å². The molecule has 3 rings (SSSR count). The molecule has 0 saturated heterocycles. The van der Waals surface area contributed by atoms with Crippen molar-refractivity contribution in [3.8, 4) is 40.0 Å². The van der Waals surface area contributed by atoms with E-state index in [1.807, 2.05) is 24.3 Å². The summed E-state index contributed by atoms with van der Waals surface area (Å²) in [7, 11) is 1.60. The first-order valence-corrected chi connectivity index (χ1v) is 6.53. The number of benzene rings is 2. The third-order valence-electron chi connectivity index (χ3n) is 3.14. The smallest absolute Gasteiger partial charge is 0.167 e. The zero-order valence-electron chi connectivity index (χ0n) is 11.8. The van der Waals surface area contributed by atoms with Crippen LogP contribution in [0, 0.1) is 0 Å². The van der Waals surface area contributed by atoms with Gasteiger partial charge in [0.15, 0.2) is 11.6 Å². The molecule has 3 aromatic rings. The maximum absolute atomic E-state index is 9.90. The van der Waals surface area contributed by atoms with E-state index in [4.69, 9.17) is 4.74 Å². The quantitative estimate of drug-likeness (QED) is 0.772. The summed E-state index contributed by atoms with van der Waals surface area (Å²) in [5, 5.41) is 19.2. The number of ether oxygens (including phenoxy) is 1. The van der Waals surface area contributed by atoms with E-state index >= 15 is 0 Å². The van der Waals surface area contributed by atoms with E-state index in [-0.39, 0.29) is 11.5 Å². The molecule has 0 bridgehead atoms. The fourth-order valence-corrected chi connectivity index (χ4v) is 2.01. The van der Waals surface area contributed by atoms with Crippen LogP contribution in [-0.4, -0.2) is 32.3 Å². The number of hydrogen-bond acceptors (Lipinski definition) is 6. The fraction of sp³-hybridized carbons (Fsp3) is 0.0625. The lowest BCUT2D eigenvalue weighted by Gasteiger charge is -2.06. The Labute approximate surface area is 126 Å². The van der Waals surface area contributed by atoms with E-state index in [1.165, 1.54) is 18.5 Å². The third-order valence-corrected chi connectivity index (χ3v) is 3.14. The molecule has 110 valence electrons. The minimum Gasteiger partial charge on any atom is -0.508 e. The van der Waals surface area contributed by atoms with Crippen molar-refractivity contribution < 1.29 is 14.9 Å². The van der Waals surface area contributed by atoms with Crippen LogP contribution in [0.1, 0.15) is 0 Å². The van der Waals surface area contributed by atoms with Crippen LogP contribution in [0.3, 0.4) is 0 Å². The van der Waals surface area contributed by atoms with Crippen molar-refractivity contribution in [3.63, 3.8) is 0 Å². The van der Waals surface area contributed by atoms with Crippen molar-refractivity contribution in [1.82, 2.24) is 15.0 Å². The average molecular weight is 295 g/mol. The summed E-state index contributed by atoms with van der Waals surface area (Å²) in [5.41, 5.74) is 1.23. The van der Waals surface area contributed by atoms with Gasteiger partial charge in [0.2, 0.25) is 0 Å². The number of hydrogen-bond donors (Lipinski definition) is 2. The molecule has 0 fully saturated rings. The summed E-state index contributed by atoms with van der Waals surface area (Å²) >= 11 is 0.